The Balaban J connectivity index is 2.20. The van der Waals surface area contributed by atoms with Gasteiger partial charge in [-0.3, -0.25) is 0 Å². The lowest BCUT2D eigenvalue weighted by molar-refractivity contribution is 0.145. The van der Waals surface area contributed by atoms with E-state index >= 15 is 0 Å². The van der Waals surface area contributed by atoms with Gasteiger partial charge in [-0.2, -0.15) is 0 Å². The molecular formula is C14H16BrNO. The van der Waals surface area contributed by atoms with E-state index in [1.807, 2.05) is 0 Å². The van der Waals surface area contributed by atoms with Gasteiger partial charge in [0.15, 0.2) is 0 Å². The van der Waals surface area contributed by atoms with Gasteiger partial charge in [0, 0.05) is 11.0 Å². The van der Waals surface area contributed by atoms with Crippen molar-refractivity contribution < 1.29 is 4.74 Å². The second-order valence-corrected chi connectivity index (χ2v) is 4.76. The zero-order chi connectivity index (χ0) is 12.1. The van der Waals surface area contributed by atoms with Gasteiger partial charge in [-0.1, -0.05) is 46.3 Å². The largest absolute Gasteiger partial charge is 0.380 e. The Morgan fingerprint density at radius 1 is 1.00 bits per heavy atom. The maximum Gasteiger partial charge on any atom is 0.0588 e. The highest BCUT2D eigenvalue weighted by Crippen LogP contribution is 2.26. The molecule has 0 saturated carbocycles. The first-order valence-corrected chi connectivity index (χ1v) is 6.56. The fourth-order valence-electron chi connectivity index (χ4n) is 1.91. The average molecular weight is 294 g/mol. The minimum absolute atomic E-state index is 0.584. The Labute approximate surface area is 110 Å². The van der Waals surface area contributed by atoms with Crippen molar-refractivity contribution in [2.75, 3.05) is 19.8 Å². The third kappa shape index (κ3) is 3.06. The van der Waals surface area contributed by atoms with Gasteiger partial charge in [-0.25, -0.2) is 0 Å². The first kappa shape index (κ1) is 12.6. The maximum atomic E-state index is 5.43. The number of hydrogen-bond acceptors (Lipinski definition) is 2. The number of hydrogen-bond donors (Lipinski definition) is 1. The highest BCUT2D eigenvalue weighted by Gasteiger charge is 2.03. The van der Waals surface area contributed by atoms with E-state index in [1.165, 1.54) is 16.3 Å². The van der Waals surface area contributed by atoms with Crippen molar-refractivity contribution in [2.45, 2.75) is 6.42 Å². The molecule has 0 aliphatic carbocycles. The molecule has 2 rings (SSSR count). The molecule has 0 spiro atoms. The second kappa shape index (κ2) is 6.15. The molecule has 2 nitrogen and oxygen atoms in total. The molecule has 0 aliphatic rings. The summed E-state index contributed by atoms with van der Waals surface area (Å²) in [7, 11) is 0. The van der Waals surface area contributed by atoms with Crippen molar-refractivity contribution in [1.82, 2.24) is 0 Å². The third-order valence-electron chi connectivity index (χ3n) is 2.74. The number of benzene rings is 2. The number of fused-ring (bicyclic) bond motifs is 1. The van der Waals surface area contributed by atoms with Gasteiger partial charge in [0.25, 0.3) is 0 Å². The second-order valence-electron chi connectivity index (χ2n) is 3.90. The van der Waals surface area contributed by atoms with E-state index in [0.717, 1.165) is 17.5 Å². The van der Waals surface area contributed by atoms with E-state index < -0.39 is 0 Å². The molecule has 2 aromatic carbocycles. The van der Waals surface area contributed by atoms with Crippen LogP contribution in [0.25, 0.3) is 10.8 Å². The van der Waals surface area contributed by atoms with E-state index in [0.29, 0.717) is 13.2 Å². The van der Waals surface area contributed by atoms with Gasteiger partial charge in [0.1, 0.15) is 0 Å². The molecule has 0 atom stereocenters. The quantitative estimate of drug-likeness (QED) is 0.860. The summed E-state index contributed by atoms with van der Waals surface area (Å²) in [6.07, 6.45) is 0.924. The highest BCUT2D eigenvalue weighted by molar-refractivity contribution is 9.10. The van der Waals surface area contributed by atoms with Crippen molar-refractivity contribution in [3.05, 3.63) is 46.4 Å². The lowest BCUT2D eigenvalue weighted by Crippen LogP contribution is -2.10. The molecule has 0 amide bonds. The fourth-order valence-corrected chi connectivity index (χ4v) is 2.39. The molecule has 0 radical (unpaired) electrons. The molecule has 2 N–H and O–H groups in total. The average Bonchev–Trinajstić information content (AvgIpc) is 2.37. The van der Waals surface area contributed by atoms with Crippen LogP contribution in [-0.2, 0) is 11.2 Å². The first-order chi connectivity index (χ1) is 8.33. The minimum Gasteiger partial charge on any atom is -0.380 e. The van der Waals surface area contributed by atoms with Crippen molar-refractivity contribution in [3.8, 4) is 0 Å². The van der Waals surface area contributed by atoms with E-state index in [1.54, 1.807) is 0 Å². The Morgan fingerprint density at radius 2 is 1.76 bits per heavy atom. The van der Waals surface area contributed by atoms with Crippen LogP contribution in [0.3, 0.4) is 0 Å². The van der Waals surface area contributed by atoms with Crippen LogP contribution in [0.5, 0.6) is 0 Å². The highest BCUT2D eigenvalue weighted by atomic mass is 79.9. The minimum atomic E-state index is 0.584. The maximum absolute atomic E-state index is 5.43. The molecule has 0 heterocycles. The lowest BCUT2D eigenvalue weighted by Gasteiger charge is -2.08. The van der Waals surface area contributed by atoms with Crippen LogP contribution in [0, 0.1) is 0 Å². The number of rotatable bonds is 5. The predicted molar refractivity (Wildman–Crippen MR) is 75.2 cm³/mol. The number of ether oxygens (including phenoxy) is 1. The Hall–Kier alpha value is -0.900. The van der Waals surface area contributed by atoms with Gasteiger partial charge in [-0.15, -0.1) is 0 Å². The van der Waals surface area contributed by atoms with Gasteiger partial charge in [0.2, 0.25) is 0 Å². The molecule has 0 saturated heterocycles. The van der Waals surface area contributed by atoms with E-state index in [-0.39, 0.29) is 0 Å². The molecule has 3 heteroatoms. The van der Waals surface area contributed by atoms with Crippen LogP contribution in [0.2, 0.25) is 0 Å². The monoisotopic (exact) mass is 293 g/mol. The molecule has 0 aliphatic heterocycles. The van der Waals surface area contributed by atoms with Gasteiger partial charge in [-0.05, 0) is 28.8 Å². The van der Waals surface area contributed by atoms with Crippen LogP contribution in [0.4, 0.5) is 0 Å². The third-order valence-corrected chi connectivity index (χ3v) is 3.43. The van der Waals surface area contributed by atoms with Crippen LogP contribution in [0.1, 0.15) is 5.56 Å². The lowest BCUT2D eigenvalue weighted by atomic mass is 10.0. The molecule has 0 fully saturated rings. The molecular weight excluding hydrogens is 278 g/mol. The normalized spacial score (nSPS) is 10.9. The molecule has 0 bridgehead atoms. The summed E-state index contributed by atoms with van der Waals surface area (Å²) >= 11 is 3.58. The Morgan fingerprint density at radius 3 is 2.53 bits per heavy atom. The molecule has 0 aromatic heterocycles. The Kier molecular flexibility index (Phi) is 4.54. The standard InChI is InChI=1S/C14H16BrNO/c15-14-6-5-11(7-9-17-10-8-16)12-3-1-2-4-13(12)14/h1-6H,7-10,16H2. The first-order valence-electron chi connectivity index (χ1n) is 5.77. The summed E-state index contributed by atoms with van der Waals surface area (Å²) in [5.74, 6) is 0. The number of halogens is 1. The summed E-state index contributed by atoms with van der Waals surface area (Å²) in [5.41, 5.74) is 6.71. The van der Waals surface area contributed by atoms with Crippen LogP contribution in [0.15, 0.2) is 40.9 Å². The predicted octanol–water partition coefficient (Wildman–Crippen LogP) is 3.12. The molecule has 90 valence electrons. The van der Waals surface area contributed by atoms with Gasteiger partial charge in [0.05, 0.1) is 13.2 Å². The summed E-state index contributed by atoms with van der Waals surface area (Å²) < 4.78 is 6.57. The smallest absolute Gasteiger partial charge is 0.0588 e. The van der Waals surface area contributed by atoms with Crippen molar-refractivity contribution >= 4 is 26.7 Å². The van der Waals surface area contributed by atoms with Crippen molar-refractivity contribution in [1.29, 1.82) is 0 Å². The summed E-state index contributed by atoms with van der Waals surface area (Å²) in [5, 5.41) is 2.54. The van der Waals surface area contributed by atoms with E-state index in [9.17, 15) is 0 Å². The van der Waals surface area contributed by atoms with Crippen LogP contribution < -0.4 is 5.73 Å². The van der Waals surface area contributed by atoms with Gasteiger partial charge < -0.3 is 10.5 Å². The topological polar surface area (TPSA) is 35.2 Å². The molecule has 17 heavy (non-hydrogen) atoms. The fraction of sp³-hybridized carbons (Fsp3) is 0.286. The van der Waals surface area contributed by atoms with Crippen LogP contribution >= 0.6 is 15.9 Å². The van der Waals surface area contributed by atoms with E-state index in [4.69, 9.17) is 10.5 Å². The van der Waals surface area contributed by atoms with E-state index in [2.05, 4.69) is 52.3 Å². The summed E-state index contributed by atoms with van der Waals surface area (Å²) in [4.78, 5) is 0. The zero-order valence-electron chi connectivity index (χ0n) is 9.66. The van der Waals surface area contributed by atoms with Crippen molar-refractivity contribution in [2.24, 2.45) is 5.73 Å². The Bertz CT molecular complexity index is 499. The molecule has 2 aromatic rings. The molecule has 0 unspecified atom stereocenters. The van der Waals surface area contributed by atoms with Gasteiger partial charge >= 0.3 is 0 Å². The zero-order valence-corrected chi connectivity index (χ0v) is 11.2. The SMILES string of the molecule is NCCOCCc1ccc(Br)c2ccccc12. The van der Waals surface area contributed by atoms with Crippen molar-refractivity contribution in [3.63, 3.8) is 0 Å². The summed E-state index contributed by atoms with van der Waals surface area (Å²) in [6.45, 7) is 1.94. The van der Waals surface area contributed by atoms with Crippen LogP contribution in [-0.4, -0.2) is 19.8 Å². The number of nitrogens with two attached hydrogens (primary N) is 1. The summed E-state index contributed by atoms with van der Waals surface area (Å²) in [6, 6.07) is 12.7.